The average Bonchev–Trinajstić information content (AvgIpc) is 3.62. The number of carbonyl (C=O) groups is 3. The van der Waals surface area contributed by atoms with Crippen LogP contribution < -0.4 is 16.4 Å². The standard InChI is InChI=1S/C28H29N9O4/c1-4-37-23(13-16(2)34-37)25(39)33-28-32-20-15-18(26(40)41)8-10-22(20)36(28)12-6-5-11-35-21-9-7-17(24(29)38)14-19(21)31-27(35)30-3/h5-10,13-15H,4,11-12H2,1-3H3,(H2,29,38)(H,30,31)(H,40,41)(H,32,33,39)/b6-5+. The molecule has 0 unspecified atom stereocenters. The molecular formula is C28H29N9O4. The number of amides is 2. The Morgan fingerprint density at radius 1 is 0.927 bits per heavy atom. The van der Waals surface area contributed by atoms with Gasteiger partial charge in [-0.15, -0.1) is 0 Å². The molecule has 2 aromatic carbocycles. The van der Waals surface area contributed by atoms with Crippen molar-refractivity contribution in [1.29, 1.82) is 0 Å². The summed E-state index contributed by atoms with van der Waals surface area (Å²) in [5.74, 6) is -1.05. The minimum absolute atomic E-state index is 0.0985. The van der Waals surface area contributed by atoms with Gasteiger partial charge in [0.05, 0.1) is 33.3 Å². The van der Waals surface area contributed by atoms with Crippen LogP contribution in [-0.2, 0) is 19.6 Å². The van der Waals surface area contributed by atoms with Crippen LogP contribution in [0.4, 0.5) is 11.9 Å². The molecule has 0 aliphatic carbocycles. The van der Waals surface area contributed by atoms with E-state index in [9.17, 15) is 19.5 Å². The summed E-state index contributed by atoms with van der Waals surface area (Å²) in [6.07, 6.45) is 3.87. The molecule has 0 fully saturated rings. The molecule has 5 aromatic rings. The topological polar surface area (TPSA) is 175 Å². The number of aryl methyl sites for hydroxylation is 2. The van der Waals surface area contributed by atoms with Crippen LogP contribution in [0.1, 0.15) is 43.8 Å². The second-order valence-electron chi connectivity index (χ2n) is 9.33. The summed E-state index contributed by atoms with van der Waals surface area (Å²) in [5.41, 5.74) is 9.58. The van der Waals surface area contributed by atoms with Crippen molar-refractivity contribution in [2.45, 2.75) is 33.5 Å². The number of nitrogens with one attached hydrogen (secondary N) is 2. The third-order valence-corrected chi connectivity index (χ3v) is 6.65. The molecule has 13 heteroatoms. The van der Waals surface area contributed by atoms with E-state index >= 15 is 0 Å². The Kier molecular flexibility index (Phi) is 7.25. The zero-order valence-corrected chi connectivity index (χ0v) is 22.8. The quantitative estimate of drug-likeness (QED) is 0.190. The molecule has 0 radical (unpaired) electrons. The van der Waals surface area contributed by atoms with E-state index in [1.807, 2.05) is 30.6 Å². The Balaban J connectivity index is 1.45. The molecule has 5 N–H and O–H groups in total. The first kappa shape index (κ1) is 27.1. The van der Waals surface area contributed by atoms with E-state index in [0.717, 1.165) is 11.2 Å². The minimum atomic E-state index is -1.06. The normalized spacial score (nSPS) is 11.5. The average molecular weight is 556 g/mol. The first-order valence-corrected chi connectivity index (χ1v) is 12.9. The van der Waals surface area contributed by atoms with Gasteiger partial charge in [0.15, 0.2) is 0 Å². The second kappa shape index (κ2) is 11.0. The highest BCUT2D eigenvalue weighted by atomic mass is 16.4. The maximum atomic E-state index is 13.2. The highest BCUT2D eigenvalue weighted by molar-refractivity contribution is 6.03. The predicted octanol–water partition coefficient (Wildman–Crippen LogP) is 3.26. The number of nitrogens with zero attached hydrogens (tertiary/aromatic N) is 6. The molecule has 0 saturated carbocycles. The Labute approximate surface area is 234 Å². The van der Waals surface area contributed by atoms with Crippen LogP contribution >= 0.6 is 0 Å². The van der Waals surface area contributed by atoms with Gasteiger partial charge in [0.2, 0.25) is 17.8 Å². The summed E-state index contributed by atoms with van der Waals surface area (Å²) >= 11 is 0. The molecule has 3 heterocycles. The number of carboxylic acids is 1. The molecule has 0 saturated heterocycles. The zero-order chi connectivity index (χ0) is 29.3. The second-order valence-corrected chi connectivity index (χ2v) is 9.33. The van der Waals surface area contributed by atoms with Crippen LogP contribution in [0, 0.1) is 6.92 Å². The molecule has 0 spiro atoms. The fourth-order valence-corrected chi connectivity index (χ4v) is 4.70. The number of carbonyl (C=O) groups excluding carboxylic acids is 2. The molecule has 0 aliphatic rings. The number of allylic oxidation sites excluding steroid dienone is 2. The van der Waals surface area contributed by atoms with Crippen LogP contribution in [0.5, 0.6) is 0 Å². The third-order valence-electron chi connectivity index (χ3n) is 6.65. The number of anilines is 2. The molecule has 3 aromatic heterocycles. The number of fused-ring (bicyclic) bond motifs is 2. The van der Waals surface area contributed by atoms with Gasteiger partial charge in [0.25, 0.3) is 5.91 Å². The fraction of sp³-hybridized carbons (Fsp3) is 0.214. The van der Waals surface area contributed by atoms with Crippen LogP contribution in [0.25, 0.3) is 22.1 Å². The smallest absolute Gasteiger partial charge is 0.335 e. The molecular weight excluding hydrogens is 526 g/mol. The molecule has 2 amide bonds. The van der Waals surface area contributed by atoms with E-state index in [2.05, 4.69) is 25.7 Å². The van der Waals surface area contributed by atoms with E-state index in [4.69, 9.17) is 5.73 Å². The first-order chi connectivity index (χ1) is 19.7. The molecule has 13 nitrogen and oxygen atoms in total. The highest BCUT2D eigenvalue weighted by Gasteiger charge is 2.19. The molecule has 0 bridgehead atoms. The third kappa shape index (κ3) is 5.24. The van der Waals surface area contributed by atoms with Crippen LogP contribution in [0.15, 0.2) is 54.6 Å². The van der Waals surface area contributed by atoms with Gasteiger partial charge in [0, 0.05) is 32.2 Å². The van der Waals surface area contributed by atoms with Gasteiger partial charge in [-0.2, -0.15) is 5.10 Å². The Hall–Kier alpha value is -5.46. The van der Waals surface area contributed by atoms with Crippen molar-refractivity contribution in [3.05, 3.63) is 77.1 Å². The van der Waals surface area contributed by atoms with Gasteiger partial charge < -0.3 is 25.3 Å². The van der Waals surface area contributed by atoms with Crippen molar-refractivity contribution in [2.24, 2.45) is 5.73 Å². The maximum Gasteiger partial charge on any atom is 0.335 e. The Morgan fingerprint density at radius 2 is 1.51 bits per heavy atom. The van der Waals surface area contributed by atoms with Gasteiger partial charge in [-0.25, -0.2) is 14.8 Å². The lowest BCUT2D eigenvalue weighted by Gasteiger charge is -2.09. The number of benzene rings is 2. The summed E-state index contributed by atoms with van der Waals surface area (Å²) in [6, 6.07) is 11.5. The number of nitrogens with two attached hydrogens (primary N) is 1. The zero-order valence-electron chi connectivity index (χ0n) is 22.8. The predicted molar refractivity (Wildman–Crippen MR) is 154 cm³/mol. The lowest BCUT2D eigenvalue weighted by atomic mass is 10.2. The highest BCUT2D eigenvalue weighted by Crippen LogP contribution is 2.24. The molecule has 5 rings (SSSR count). The minimum Gasteiger partial charge on any atom is -0.478 e. The van der Waals surface area contributed by atoms with Gasteiger partial charge in [-0.3, -0.25) is 19.6 Å². The van der Waals surface area contributed by atoms with E-state index in [0.29, 0.717) is 53.4 Å². The number of imidazole rings is 2. The lowest BCUT2D eigenvalue weighted by molar-refractivity contribution is 0.0696. The number of aromatic nitrogens is 6. The first-order valence-electron chi connectivity index (χ1n) is 12.9. The van der Waals surface area contributed by atoms with Crippen molar-refractivity contribution in [3.8, 4) is 0 Å². The SMILES string of the molecule is CCn1nc(C)cc1C(=O)Nc1nc2cc(C(=O)O)ccc2n1C/C=C/Cn1c(NC)nc2cc(C(N)=O)ccc21. The van der Waals surface area contributed by atoms with Crippen molar-refractivity contribution >= 4 is 51.7 Å². The lowest BCUT2D eigenvalue weighted by Crippen LogP contribution is -2.19. The van der Waals surface area contributed by atoms with Crippen molar-refractivity contribution < 1.29 is 19.5 Å². The van der Waals surface area contributed by atoms with Gasteiger partial charge >= 0.3 is 5.97 Å². The van der Waals surface area contributed by atoms with Crippen molar-refractivity contribution in [3.63, 3.8) is 0 Å². The largest absolute Gasteiger partial charge is 0.478 e. The Bertz CT molecular complexity index is 1840. The van der Waals surface area contributed by atoms with E-state index < -0.39 is 11.9 Å². The summed E-state index contributed by atoms with van der Waals surface area (Å²) in [5, 5.41) is 19.7. The molecule has 0 atom stereocenters. The number of hydrogen-bond acceptors (Lipinski definition) is 7. The van der Waals surface area contributed by atoms with Crippen LogP contribution in [0.2, 0.25) is 0 Å². The Morgan fingerprint density at radius 3 is 2.10 bits per heavy atom. The van der Waals surface area contributed by atoms with Gasteiger partial charge in [-0.1, -0.05) is 12.2 Å². The summed E-state index contributed by atoms with van der Waals surface area (Å²) in [6.45, 7) is 5.05. The number of aromatic carboxylic acids is 1. The van der Waals surface area contributed by atoms with Crippen LogP contribution in [-0.4, -0.2) is 58.8 Å². The number of hydrogen-bond donors (Lipinski definition) is 4. The number of primary amides is 1. The van der Waals surface area contributed by atoms with E-state index in [1.165, 1.54) is 12.1 Å². The van der Waals surface area contributed by atoms with E-state index in [1.54, 1.807) is 46.6 Å². The number of carboxylic acid groups (broad SMARTS) is 1. The molecule has 0 aliphatic heterocycles. The van der Waals surface area contributed by atoms with Crippen molar-refractivity contribution in [2.75, 3.05) is 17.7 Å². The molecule has 210 valence electrons. The van der Waals surface area contributed by atoms with E-state index in [-0.39, 0.29) is 17.4 Å². The van der Waals surface area contributed by atoms with Crippen molar-refractivity contribution in [1.82, 2.24) is 28.9 Å². The maximum absolute atomic E-state index is 13.2. The summed E-state index contributed by atoms with van der Waals surface area (Å²) in [4.78, 5) is 45.4. The fourth-order valence-electron chi connectivity index (χ4n) is 4.70. The molecule has 41 heavy (non-hydrogen) atoms. The van der Waals surface area contributed by atoms with Gasteiger partial charge in [-0.05, 0) is 56.3 Å². The summed E-state index contributed by atoms with van der Waals surface area (Å²) < 4.78 is 5.37. The monoisotopic (exact) mass is 555 g/mol. The number of rotatable bonds is 10. The van der Waals surface area contributed by atoms with Crippen LogP contribution in [0.3, 0.4) is 0 Å². The van der Waals surface area contributed by atoms with Gasteiger partial charge in [0.1, 0.15) is 5.69 Å². The summed E-state index contributed by atoms with van der Waals surface area (Å²) in [7, 11) is 1.76.